The van der Waals surface area contributed by atoms with Crippen molar-refractivity contribution in [1.29, 1.82) is 0 Å². The van der Waals surface area contributed by atoms with Crippen LogP contribution in [-0.2, 0) is 10.0 Å². The lowest BCUT2D eigenvalue weighted by atomic mass is 10.2. The summed E-state index contributed by atoms with van der Waals surface area (Å²) in [5.74, 6) is 0.321. The predicted octanol–water partition coefficient (Wildman–Crippen LogP) is 4.20. The highest BCUT2D eigenvalue weighted by Crippen LogP contribution is 2.36. The number of ether oxygens (including phenoxy) is 2. The molecule has 0 unspecified atom stereocenters. The monoisotopic (exact) mass is 557 g/mol. The van der Waals surface area contributed by atoms with Crippen molar-refractivity contribution < 1.29 is 27.6 Å². The molecule has 208 valence electrons. The molecular formula is C26H31N5O7S. The molecular weight excluding hydrogens is 526 g/mol. The van der Waals surface area contributed by atoms with Crippen molar-refractivity contribution in [3.63, 3.8) is 0 Å². The number of likely N-dealkylation sites (tertiary alicyclic amines) is 1. The Balaban J connectivity index is 1.86. The zero-order valence-electron chi connectivity index (χ0n) is 22.2. The van der Waals surface area contributed by atoms with E-state index in [-0.39, 0.29) is 23.2 Å². The van der Waals surface area contributed by atoms with Gasteiger partial charge < -0.3 is 14.4 Å². The van der Waals surface area contributed by atoms with Gasteiger partial charge in [-0.3, -0.25) is 14.9 Å². The van der Waals surface area contributed by atoms with Gasteiger partial charge >= 0.3 is 0 Å². The van der Waals surface area contributed by atoms with Crippen LogP contribution in [0.2, 0.25) is 0 Å². The maximum Gasteiger partial charge on any atom is 0.274 e. The molecule has 12 nitrogen and oxygen atoms in total. The topological polar surface area (TPSA) is 146 Å². The normalized spacial score (nSPS) is 14.3. The van der Waals surface area contributed by atoms with Crippen LogP contribution in [0.25, 0.3) is 5.69 Å². The number of benzene rings is 2. The van der Waals surface area contributed by atoms with Crippen LogP contribution in [0.1, 0.15) is 49.2 Å². The van der Waals surface area contributed by atoms with E-state index in [1.165, 1.54) is 10.7 Å². The number of nitrogens with one attached hydrogen (secondary N) is 1. The number of nitro benzene ring substituents is 1. The molecule has 3 aromatic rings. The Morgan fingerprint density at radius 1 is 1.18 bits per heavy atom. The Bertz CT molecular complexity index is 1480. The second-order valence-electron chi connectivity index (χ2n) is 9.31. The Kier molecular flexibility index (Phi) is 8.21. The van der Waals surface area contributed by atoms with Gasteiger partial charge in [-0.25, -0.2) is 13.1 Å². The van der Waals surface area contributed by atoms with Gasteiger partial charge in [-0.15, -0.1) is 0 Å². The largest absolute Gasteiger partial charge is 0.497 e. The van der Waals surface area contributed by atoms with E-state index in [4.69, 9.17) is 9.47 Å². The van der Waals surface area contributed by atoms with Gasteiger partial charge in [0.25, 0.3) is 11.6 Å². The van der Waals surface area contributed by atoms with E-state index in [1.54, 1.807) is 50.1 Å². The minimum absolute atomic E-state index is 0.108. The number of rotatable bonds is 10. The first-order valence-corrected chi connectivity index (χ1v) is 14.1. The lowest BCUT2D eigenvalue weighted by Crippen LogP contribution is -2.32. The maximum atomic E-state index is 13.3. The number of hydrogen-bond donors (Lipinski definition) is 1. The molecule has 1 saturated heterocycles. The fourth-order valence-corrected chi connectivity index (χ4v) is 5.67. The van der Waals surface area contributed by atoms with Crippen LogP contribution in [0.3, 0.4) is 0 Å². The number of non-ortho nitro benzene ring substituents is 1. The van der Waals surface area contributed by atoms with Crippen molar-refractivity contribution in [3.05, 3.63) is 63.8 Å². The van der Waals surface area contributed by atoms with Crippen LogP contribution in [0, 0.1) is 17.0 Å². The molecule has 1 aliphatic rings. The highest BCUT2D eigenvalue weighted by atomic mass is 32.2. The Labute approximate surface area is 226 Å². The highest BCUT2D eigenvalue weighted by molar-refractivity contribution is 7.89. The molecule has 0 bridgehead atoms. The minimum Gasteiger partial charge on any atom is -0.497 e. The molecule has 1 amide bonds. The molecule has 39 heavy (non-hydrogen) atoms. The van der Waals surface area contributed by atoms with Crippen molar-refractivity contribution in [2.45, 2.75) is 51.0 Å². The fourth-order valence-electron chi connectivity index (χ4n) is 4.19. The summed E-state index contributed by atoms with van der Waals surface area (Å²) in [7, 11) is -2.66. The molecule has 1 atom stereocenters. The average molecular weight is 558 g/mol. The van der Waals surface area contributed by atoms with Gasteiger partial charge in [-0.05, 0) is 63.4 Å². The van der Waals surface area contributed by atoms with Crippen LogP contribution in [-0.4, -0.2) is 60.2 Å². The van der Waals surface area contributed by atoms with E-state index in [0.29, 0.717) is 36.5 Å². The molecule has 2 heterocycles. The van der Waals surface area contributed by atoms with Crippen molar-refractivity contribution in [2.75, 3.05) is 20.2 Å². The molecule has 4 rings (SSSR count). The average Bonchev–Trinajstić information content (AvgIpc) is 3.57. The van der Waals surface area contributed by atoms with Gasteiger partial charge in [-0.2, -0.15) is 9.78 Å². The number of nitrogens with zero attached hydrogens (tertiary/aromatic N) is 4. The van der Waals surface area contributed by atoms with Crippen LogP contribution >= 0.6 is 0 Å². The van der Waals surface area contributed by atoms with Crippen LogP contribution < -0.4 is 14.2 Å². The number of methoxy groups -OCH3 is 1. The molecule has 1 aromatic heterocycles. The third kappa shape index (κ3) is 5.88. The highest BCUT2D eigenvalue weighted by Gasteiger charge is 2.30. The molecule has 0 radical (unpaired) electrons. The van der Waals surface area contributed by atoms with Gasteiger partial charge in [0.05, 0.1) is 17.7 Å². The summed E-state index contributed by atoms with van der Waals surface area (Å²) in [6.45, 7) is 6.41. The number of sulfonamides is 1. The van der Waals surface area contributed by atoms with E-state index < -0.39 is 31.6 Å². The number of carbonyl (C=O) groups is 1. The molecule has 0 aliphatic carbocycles. The molecule has 1 fully saturated rings. The van der Waals surface area contributed by atoms with E-state index in [1.807, 2.05) is 6.92 Å². The molecule has 0 saturated carbocycles. The summed E-state index contributed by atoms with van der Waals surface area (Å²) in [5.41, 5.74) is 0.710. The number of aromatic nitrogens is 2. The molecule has 1 N–H and O–H groups in total. The van der Waals surface area contributed by atoms with Crippen LogP contribution in [0.15, 0.2) is 47.4 Å². The molecule has 13 heteroatoms. The fraction of sp³-hybridized carbons (Fsp3) is 0.385. The van der Waals surface area contributed by atoms with E-state index >= 15 is 0 Å². The lowest BCUT2D eigenvalue weighted by Gasteiger charge is -2.16. The number of hydrogen-bond acceptors (Lipinski definition) is 8. The third-order valence-electron chi connectivity index (χ3n) is 6.58. The maximum absolute atomic E-state index is 13.3. The quantitative estimate of drug-likeness (QED) is 0.288. The SMILES string of the molecule is CC[C@H](C)NS(=O)(=O)c1cc([N+](=O)[O-])ccc1Oc1c(C)c(C(=O)N2CCCC2)nn1-c1ccc(OC)cc1. The smallest absolute Gasteiger partial charge is 0.274 e. The zero-order chi connectivity index (χ0) is 28.3. The molecule has 1 aliphatic heterocycles. The standard InChI is InChI=1S/C26H31N5O7S/c1-5-17(2)28-39(35,36)23-16-20(31(33)34)10-13-22(23)38-26-18(3)24(25(32)29-14-6-7-15-29)27-30(26)19-8-11-21(37-4)12-9-19/h8-13,16-17,28H,5-7,14-15H2,1-4H3/t17-/m0/s1. The summed E-state index contributed by atoms with van der Waals surface area (Å²) < 4.78 is 41.9. The van der Waals surface area contributed by atoms with Crippen molar-refractivity contribution in [3.8, 4) is 23.1 Å². The van der Waals surface area contributed by atoms with Gasteiger partial charge in [0.15, 0.2) is 5.69 Å². The second kappa shape index (κ2) is 11.4. The van der Waals surface area contributed by atoms with Gasteiger partial charge in [0.2, 0.25) is 15.9 Å². The summed E-state index contributed by atoms with van der Waals surface area (Å²) in [6.07, 6.45) is 2.32. The zero-order valence-corrected chi connectivity index (χ0v) is 23.0. The summed E-state index contributed by atoms with van der Waals surface area (Å²) in [4.78, 5) is 25.4. The number of carbonyl (C=O) groups excluding carboxylic acids is 1. The van der Waals surface area contributed by atoms with Gasteiger partial charge in [-0.1, -0.05) is 6.92 Å². The van der Waals surface area contributed by atoms with Crippen LogP contribution in [0.4, 0.5) is 5.69 Å². The third-order valence-corrected chi connectivity index (χ3v) is 8.19. The summed E-state index contributed by atoms with van der Waals surface area (Å²) >= 11 is 0. The van der Waals surface area contributed by atoms with E-state index in [2.05, 4.69) is 9.82 Å². The van der Waals surface area contributed by atoms with Crippen molar-refractivity contribution in [2.24, 2.45) is 0 Å². The predicted molar refractivity (Wildman–Crippen MR) is 143 cm³/mol. The summed E-state index contributed by atoms with van der Waals surface area (Å²) in [5, 5.41) is 16.0. The van der Waals surface area contributed by atoms with Gasteiger partial charge in [0.1, 0.15) is 16.4 Å². The first kappa shape index (κ1) is 28.0. The first-order chi connectivity index (χ1) is 18.6. The minimum atomic E-state index is -4.20. The van der Waals surface area contributed by atoms with Crippen LogP contribution in [0.5, 0.6) is 17.4 Å². The van der Waals surface area contributed by atoms with E-state index in [9.17, 15) is 23.3 Å². The van der Waals surface area contributed by atoms with Crippen molar-refractivity contribution in [1.82, 2.24) is 19.4 Å². The summed E-state index contributed by atoms with van der Waals surface area (Å²) in [6, 6.07) is 9.82. The van der Waals surface area contributed by atoms with Gasteiger partial charge in [0, 0.05) is 36.8 Å². The van der Waals surface area contributed by atoms with E-state index in [0.717, 1.165) is 25.0 Å². The Morgan fingerprint density at radius 2 is 1.85 bits per heavy atom. The first-order valence-electron chi connectivity index (χ1n) is 12.6. The Hall–Kier alpha value is -3.97. The number of nitro groups is 1. The Morgan fingerprint density at radius 3 is 2.44 bits per heavy atom. The molecule has 0 spiro atoms. The lowest BCUT2D eigenvalue weighted by molar-refractivity contribution is -0.385. The second-order valence-corrected chi connectivity index (χ2v) is 11.0. The molecule has 2 aromatic carbocycles. The number of amides is 1. The van der Waals surface area contributed by atoms with Crippen molar-refractivity contribution >= 4 is 21.6 Å².